The molecule has 0 aromatic heterocycles. The Hall–Kier alpha value is -1.35. The normalized spacial score (nSPS) is 13.2. The van der Waals surface area contributed by atoms with Crippen molar-refractivity contribution in [2.45, 2.75) is 34.1 Å². The lowest BCUT2D eigenvalue weighted by atomic mass is 9.84. The quantitative estimate of drug-likeness (QED) is 0.860. The molecular formula is C15H24N2O. The van der Waals surface area contributed by atoms with Crippen LogP contribution in [0.4, 0.5) is 5.69 Å². The highest BCUT2D eigenvalue weighted by Crippen LogP contribution is 2.25. The lowest BCUT2D eigenvalue weighted by Gasteiger charge is -2.24. The van der Waals surface area contributed by atoms with Crippen LogP contribution in [0.1, 0.15) is 32.8 Å². The van der Waals surface area contributed by atoms with Crippen LogP contribution < -0.4 is 11.1 Å². The third-order valence-corrected chi connectivity index (χ3v) is 2.92. The zero-order valence-corrected chi connectivity index (χ0v) is 11.8. The highest BCUT2D eigenvalue weighted by atomic mass is 16.1. The Balaban J connectivity index is 2.72. The van der Waals surface area contributed by atoms with Crippen LogP contribution in [0.15, 0.2) is 24.3 Å². The second-order valence-corrected chi connectivity index (χ2v) is 6.00. The minimum atomic E-state index is -0.135. The molecule has 0 bridgehead atoms. The van der Waals surface area contributed by atoms with Crippen molar-refractivity contribution in [2.24, 2.45) is 17.1 Å². The first-order valence-corrected chi connectivity index (χ1v) is 6.40. The molecule has 18 heavy (non-hydrogen) atoms. The SMILES string of the molecule is Cc1ccccc1NC(=O)C(CN)CC(C)(C)C. The fourth-order valence-electron chi connectivity index (χ4n) is 1.97. The summed E-state index contributed by atoms with van der Waals surface area (Å²) in [5, 5.41) is 2.96. The molecule has 0 saturated carbocycles. The van der Waals surface area contributed by atoms with Crippen molar-refractivity contribution < 1.29 is 4.79 Å². The summed E-state index contributed by atoms with van der Waals surface area (Å²) in [7, 11) is 0. The lowest BCUT2D eigenvalue weighted by molar-refractivity contribution is -0.120. The van der Waals surface area contributed by atoms with Crippen LogP contribution in [0.2, 0.25) is 0 Å². The van der Waals surface area contributed by atoms with E-state index in [1.54, 1.807) is 0 Å². The van der Waals surface area contributed by atoms with E-state index in [0.29, 0.717) is 6.54 Å². The Morgan fingerprint density at radius 1 is 1.33 bits per heavy atom. The number of amides is 1. The van der Waals surface area contributed by atoms with Crippen LogP contribution in [-0.4, -0.2) is 12.5 Å². The zero-order chi connectivity index (χ0) is 13.8. The third kappa shape index (κ3) is 4.49. The summed E-state index contributed by atoms with van der Waals surface area (Å²) in [4.78, 5) is 12.2. The average molecular weight is 248 g/mol. The fourth-order valence-corrected chi connectivity index (χ4v) is 1.97. The highest BCUT2D eigenvalue weighted by Gasteiger charge is 2.23. The van der Waals surface area contributed by atoms with Crippen LogP contribution in [0, 0.1) is 18.3 Å². The Labute approximate surface area is 110 Å². The maximum Gasteiger partial charge on any atom is 0.228 e. The van der Waals surface area contributed by atoms with Crippen molar-refractivity contribution in [1.29, 1.82) is 0 Å². The van der Waals surface area contributed by atoms with Gasteiger partial charge in [0, 0.05) is 12.2 Å². The van der Waals surface area contributed by atoms with Gasteiger partial charge in [-0.25, -0.2) is 0 Å². The highest BCUT2D eigenvalue weighted by molar-refractivity contribution is 5.93. The van der Waals surface area contributed by atoms with E-state index in [2.05, 4.69) is 26.1 Å². The predicted molar refractivity (Wildman–Crippen MR) is 76.4 cm³/mol. The second-order valence-electron chi connectivity index (χ2n) is 6.00. The van der Waals surface area contributed by atoms with Gasteiger partial charge in [-0.2, -0.15) is 0 Å². The molecule has 0 aliphatic carbocycles. The Bertz CT molecular complexity index is 407. The molecule has 0 radical (unpaired) electrons. The first-order valence-electron chi connectivity index (χ1n) is 6.40. The second kappa shape index (κ2) is 6.01. The minimum Gasteiger partial charge on any atom is -0.330 e. The van der Waals surface area contributed by atoms with Gasteiger partial charge < -0.3 is 11.1 Å². The third-order valence-electron chi connectivity index (χ3n) is 2.92. The van der Waals surface area contributed by atoms with Crippen LogP contribution in [0.5, 0.6) is 0 Å². The monoisotopic (exact) mass is 248 g/mol. The van der Waals surface area contributed by atoms with Gasteiger partial charge in [0.2, 0.25) is 5.91 Å². The molecule has 3 heteroatoms. The van der Waals surface area contributed by atoms with Gasteiger partial charge in [-0.1, -0.05) is 39.0 Å². The van der Waals surface area contributed by atoms with Gasteiger partial charge in [0.15, 0.2) is 0 Å². The number of nitrogens with two attached hydrogens (primary N) is 1. The minimum absolute atomic E-state index is 0.0155. The number of carbonyl (C=O) groups excluding carboxylic acids is 1. The predicted octanol–water partition coefficient (Wildman–Crippen LogP) is 2.94. The van der Waals surface area contributed by atoms with E-state index in [1.165, 1.54) is 0 Å². The van der Waals surface area contributed by atoms with Gasteiger partial charge in [-0.05, 0) is 30.4 Å². The number of anilines is 1. The van der Waals surface area contributed by atoms with Crippen molar-refractivity contribution in [2.75, 3.05) is 11.9 Å². The molecule has 3 nitrogen and oxygen atoms in total. The fraction of sp³-hybridized carbons (Fsp3) is 0.533. The number of rotatable bonds is 4. The molecule has 1 rings (SSSR count). The molecule has 1 aromatic carbocycles. The van der Waals surface area contributed by atoms with Crippen molar-refractivity contribution in [1.82, 2.24) is 0 Å². The number of aryl methyl sites for hydroxylation is 1. The van der Waals surface area contributed by atoms with Crippen LogP contribution in [0.25, 0.3) is 0 Å². The molecule has 100 valence electrons. The summed E-state index contributed by atoms with van der Waals surface area (Å²) in [6.07, 6.45) is 0.793. The van der Waals surface area contributed by atoms with Gasteiger partial charge in [-0.3, -0.25) is 4.79 Å². The van der Waals surface area contributed by atoms with Crippen molar-refractivity contribution in [3.8, 4) is 0 Å². The number of nitrogens with one attached hydrogen (secondary N) is 1. The summed E-state index contributed by atoms with van der Waals surface area (Å²) in [5.74, 6) is -0.119. The van der Waals surface area contributed by atoms with Crippen LogP contribution in [0.3, 0.4) is 0 Å². The molecule has 0 fully saturated rings. The van der Waals surface area contributed by atoms with E-state index in [9.17, 15) is 4.79 Å². The first-order chi connectivity index (χ1) is 8.33. The molecule has 0 aliphatic rings. The number of carbonyl (C=O) groups is 1. The maximum absolute atomic E-state index is 12.2. The summed E-state index contributed by atoms with van der Waals surface area (Å²) in [5.41, 5.74) is 7.75. The van der Waals surface area contributed by atoms with E-state index in [-0.39, 0.29) is 17.2 Å². The van der Waals surface area contributed by atoms with E-state index >= 15 is 0 Å². The topological polar surface area (TPSA) is 55.1 Å². The summed E-state index contributed by atoms with van der Waals surface area (Å²) >= 11 is 0. The largest absolute Gasteiger partial charge is 0.330 e. The number of benzene rings is 1. The molecule has 3 N–H and O–H groups in total. The smallest absolute Gasteiger partial charge is 0.228 e. The molecule has 1 unspecified atom stereocenters. The van der Waals surface area contributed by atoms with Gasteiger partial charge >= 0.3 is 0 Å². The van der Waals surface area contributed by atoms with E-state index in [4.69, 9.17) is 5.73 Å². The van der Waals surface area contributed by atoms with Crippen molar-refractivity contribution in [3.05, 3.63) is 29.8 Å². The molecule has 0 spiro atoms. The first kappa shape index (κ1) is 14.7. The average Bonchev–Trinajstić information content (AvgIpc) is 2.27. The van der Waals surface area contributed by atoms with Crippen molar-refractivity contribution >= 4 is 11.6 Å². The summed E-state index contributed by atoms with van der Waals surface area (Å²) in [6.45, 7) is 8.73. The maximum atomic E-state index is 12.2. The van der Waals surface area contributed by atoms with Gasteiger partial charge in [0.05, 0.1) is 5.92 Å². The van der Waals surface area contributed by atoms with E-state index in [0.717, 1.165) is 17.7 Å². The van der Waals surface area contributed by atoms with Gasteiger partial charge in [0.1, 0.15) is 0 Å². The number of hydrogen-bond donors (Lipinski definition) is 2. The van der Waals surface area contributed by atoms with Crippen LogP contribution >= 0.6 is 0 Å². The van der Waals surface area contributed by atoms with Crippen molar-refractivity contribution in [3.63, 3.8) is 0 Å². The Kier molecular flexibility index (Phi) is 4.91. The summed E-state index contributed by atoms with van der Waals surface area (Å²) < 4.78 is 0. The standard InChI is InChI=1S/C15H24N2O/c1-11-7-5-6-8-13(11)17-14(18)12(10-16)9-15(2,3)4/h5-8,12H,9-10,16H2,1-4H3,(H,17,18). The summed E-state index contributed by atoms with van der Waals surface area (Å²) in [6, 6.07) is 7.78. The van der Waals surface area contributed by atoms with Gasteiger partial charge in [0.25, 0.3) is 0 Å². The molecule has 0 saturated heterocycles. The Morgan fingerprint density at radius 3 is 2.44 bits per heavy atom. The zero-order valence-electron chi connectivity index (χ0n) is 11.8. The number of para-hydroxylation sites is 1. The molecule has 1 amide bonds. The molecular weight excluding hydrogens is 224 g/mol. The Morgan fingerprint density at radius 2 is 1.94 bits per heavy atom. The van der Waals surface area contributed by atoms with Crippen LogP contribution in [-0.2, 0) is 4.79 Å². The van der Waals surface area contributed by atoms with Gasteiger partial charge in [-0.15, -0.1) is 0 Å². The number of hydrogen-bond acceptors (Lipinski definition) is 2. The molecule has 1 atom stereocenters. The van der Waals surface area contributed by atoms with E-state index in [1.807, 2.05) is 31.2 Å². The molecule has 0 aliphatic heterocycles. The molecule has 1 aromatic rings. The van der Waals surface area contributed by atoms with E-state index < -0.39 is 0 Å². The molecule has 0 heterocycles. The lowest BCUT2D eigenvalue weighted by Crippen LogP contribution is -2.32.